The minimum atomic E-state index is -0.668. The number of hydrogen-bond acceptors (Lipinski definition) is 6. The lowest BCUT2D eigenvalue weighted by atomic mass is 9.97. The van der Waals surface area contributed by atoms with Crippen molar-refractivity contribution in [3.8, 4) is 22.6 Å². The number of hydrogen-bond donors (Lipinski definition) is 3. The van der Waals surface area contributed by atoms with Gasteiger partial charge in [0.2, 0.25) is 11.8 Å². The Balaban J connectivity index is 1.43. The Kier molecular flexibility index (Phi) is 6.59. The molecule has 2 aromatic heterocycles. The molecule has 0 bridgehead atoms. The first kappa shape index (κ1) is 24.1. The predicted octanol–water partition coefficient (Wildman–Crippen LogP) is 3.59. The zero-order chi connectivity index (χ0) is 25.9. The lowest BCUT2D eigenvalue weighted by Crippen LogP contribution is -2.49. The van der Waals surface area contributed by atoms with Gasteiger partial charge >= 0.3 is 0 Å². The fourth-order valence-electron chi connectivity index (χ4n) is 4.73. The van der Waals surface area contributed by atoms with E-state index in [0.29, 0.717) is 18.8 Å². The van der Waals surface area contributed by atoms with Crippen LogP contribution in [0.25, 0.3) is 22.2 Å². The quantitative estimate of drug-likeness (QED) is 0.336. The van der Waals surface area contributed by atoms with Crippen molar-refractivity contribution in [1.29, 1.82) is 0 Å². The Bertz CT molecular complexity index is 1460. The third kappa shape index (κ3) is 4.88. The van der Waals surface area contributed by atoms with Crippen LogP contribution in [-0.2, 0) is 22.6 Å². The van der Waals surface area contributed by atoms with E-state index in [4.69, 9.17) is 10.5 Å². The number of nitrogens with zero attached hydrogens (tertiary/aromatic N) is 3. The maximum absolute atomic E-state index is 12.7. The molecule has 9 heteroatoms. The molecule has 0 fully saturated rings. The number of carbonyl (C=O) groups excluding carboxylic acids is 2. The molecule has 0 spiro atoms. The molecule has 0 saturated carbocycles. The molecular weight excluding hydrogens is 468 g/mol. The van der Waals surface area contributed by atoms with E-state index in [1.165, 1.54) is 6.33 Å². The molecule has 0 saturated heterocycles. The Morgan fingerprint density at radius 3 is 2.59 bits per heavy atom. The van der Waals surface area contributed by atoms with Gasteiger partial charge in [-0.3, -0.25) is 9.59 Å². The number of benzene rings is 2. The van der Waals surface area contributed by atoms with Crippen LogP contribution in [0.2, 0.25) is 0 Å². The average Bonchev–Trinajstić information content (AvgIpc) is 3.24. The van der Waals surface area contributed by atoms with Crippen molar-refractivity contribution in [2.45, 2.75) is 38.4 Å². The zero-order valence-corrected chi connectivity index (χ0v) is 20.5. The summed E-state index contributed by atoms with van der Waals surface area (Å²) in [5, 5.41) is 6.44. The van der Waals surface area contributed by atoms with Gasteiger partial charge in [0.15, 0.2) is 0 Å². The first-order chi connectivity index (χ1) is 17.9. The molecule has 1 unspecified atom stereocenters. The second-order valence-corrected chi connectivity index (χ2v) is 9.01. The molecule has 4 aromatic rings. The fraction of sp³-hybridized carbons (Fsp3) is 0.214. The van der Waals surface area contributed by atoms with Crippen LogP contribution < -0.4 is 21.1 Å². The van der Waals surface area contributed by atoms with Crippen molar-refractivity contribution >= 4 is 28.7 Å². The summed E-state index contributed by atoms with van der Waals surface area (Å²) in [5.41, 5.74) is 10.2. The molecule has 1 aliphatic rings. The van der Waals surface area contributed by atoms with Gasteiger partial charge in [-0.25, -0.2) is 9.97 Å². The molecule has 37 heavy (non-hydrogen) atoms. The van der Waals surface area contributed by atoms with Crippen LogP contribution in [0.1, 0.15) is 19.0 Å². The molecule has 5 rings (SSSR count). The molecule has 9 nitrogen and oxygen atoms in total. The highest BCUT2D eigenvalue weighted by Gasteiger charge is 2.29. The molecule has 0 aliphatic carbocycles. The molecule has 2 amide bonds. The van der Waals surface area contributed by atoms with Gasteiger partial charge in [0.25, 0.3) is 0 Å². The number of nitrogen functional groups attached to an aromatic ring is 1. The van der Waals surface area contributed by atoms with Crippen molar-refractivity contribution in [2.75, 3.05) is 5.73 Å². The van der Waals surface area contributed by atoms with E-state index in [2.05, 4.69) is 31.7 Å². The Morgan fingerprint density at radius 2 is 1.86 bits per heavy atom. The van der Waals surface area contributed by atoms with Gasteiger partial charge in [0.05, 0.1) is 5.39 Å². The van der Waals surface area contributed by atoms with E-state index in [0.717, 1.165) is 51.9 Å². The molecule has 2 atom stereocenters. The monoisotopic (exact) mass is 496 g/mol. The topological polar surface area (TPSA) is 124 Å². The SMILES string of the molecule is C=CC(=O)NC(C)C(=O)N[C@@H]1CCc2c(-c3ccc(Oc4ccccc4)cc3)c3c(N)ncnc3n2C1. The Morgan fingerprint density at radius 1 is 1.14 bits per heavy atom. The normalized spacial score (nSPS) is 15.4. The van der Waals surface area contributed by atoms with Crippen LogP contribution >= 0.6 is 0 Å². The highest BCUT2D eigenvalue weighted by atomic mass is 16.5. The third-order valence-corrected chi connectivity index (χ3v) is 6.51. The van der Waals surface area contributed by atoms with Crippen LogP contribution in [0.3, 0.4) is 0 Å². The summed E-state index contributed by atoms with van der Waals surface area (Å²) in [6, 6.07) is 16.7. The standard InChI is InChI=1S/C28H28N6O3/c1-3-23(35)32-17(2)28(36)33-19-11-14-22-24(25-26(29)30-16-31-27(25)34(22)15-19)18-9-12-21(13-10-18)37-20-7-5-4-6-8-20/h3-10,12-13,16-17,19H,1,11,14-15H2,2H3,(H,32,35)(H,33,36)(H2,29,30,31)/t17?,19-/m1/s1. The van der Waals surface area contributed by atoms with Gasteiger partial charge < -0.3 is 25.7 Å². The van der Waals surface area contributed by atoms with E-state index in [1.807, 2.05) is 54.6 Å². The summed E-state index contributed by atoms with van der Waals surface area (Å²) in [6.07, 6.45) is 4.06. The van der Waals surface area contributed by atoms with Crippen molar-refractivity contribution in [3.05, 3.63) is 79.3 Å². The summed E-state index contributed by atoms with van der Waals surface area (Å²) in [4.78, 5) is 33.0. The number of anilines is 1. The largest absolute Gasteiger partial charge is 0.457 e. The van der Waals surface area contributed by atoms with Gasteiger partial charge in [-0.05, 0) is 55.7 Å². The number of nitrogens with two attached hydrogens (primary N) is 1. The lowest BCUT2D eigenvalue weighted by molar-refractivity contribution is -0.127. The molecule has 1 aliphatic heterocycles. The molecule has 188 valence electrons. The van der Waals surface area contributed by atoms with Crippen molar-refractivity contribution in [2.24, 2.45) is 0 Å². The summed E-state index contributed by atoms with van der Waals surface area (Å²) in [6.45, 7) is 5.60. The van der Waals surface area contributed by atoms with Crippen LogP contribution in [0.5, 0.6) is 11.5 Å². The second-order valence-electron chi connectivity index (χ2n) is 9.01. The van der Waals surface area contributed by atoms with Crippen LogP contribution in [-0.4, -0.2) is 38.4 Å². The number of para-hydroxylation sites is 1. The highest BCUT2D eigenvalue weighted by Crippen LogP contribution is 2.40. The van der Waals surface area contributed by atoms with Gasteiger partial charge in [0, 0.05) is 23.8 Å². The van der Waals surface area contributed by atoms with Crippen LogP contribution in [0.15, 0.2) is 73.6 Å². The van der Waals surface area contributed by atoms with Crippen LogP contribution in [0, 0.1) is 0 Å². The number of fused-ring (bicyclic) bond motifs is 3. The minimum absolute atomic E-state index is 0.121. The van der Waals surface area contributed by atoms with E-state index in [9.17, 15) is 9.59 Å². The number of carbonyl (C=O) groups is 2. The van der Waals surface area contributed by atoms with Gasteiger partial charge in [-0.1, -0.05) is 36.9 Å². The number of amides is 2. The molecule has 3 heterocycles. The van der Waals surface area contributed by atoms with Gasteiger partial charge in [0.1, 0.15) is 35.3 Å². The Hall–Kier alpha value is -4.66. The second kappa shape index (κ2) is 10.1. The molecule has 2 aromatic carbocycles. The summed E-state index contributed by atoms with van der Waals surface area (Å²) < 4.78 is 8.06. The lowest BCUT2D eigenvalue weighted by Gasteiger charge is -2.27. The number of aromatic nitrogens is 3. The summed E-state index contributed by atoms with van der Waals surface area (Å²) >= 11 is 0. The Labute approximate surface area is 214 Å². The van der Waals surface area contributed by atoms with Crippen molar-refractivity contribution in [1.82, 2.24) is 25.2 Å². The zero-order valence-electron chi connectivity index (χ0n) is 20.5. The van der Waals surface area contributed by atoms with Crippen LogP contribution in [0.4, 0.5) is 5.82 Å². The fourth-order valence-corrected chi connectivity index (χ4v) is 4.73. The van der Waals surface area contributed by atoms with Crippen molar-refractivity contribution < 1.29 is 14.3 Å². The van der Waals surface area contributed by atoms with E-state index in [1.54, 1.807) is 6.92 Å². The first-order valence-corrected chi connectivity index (χ1v) is 12.1. The summed E-state index contributed by atoms with van der Waals surface area (Å²) in [5.74, 6) is 1.28. The van der Waals surface area contributed by atoms with E-state index >= 15 is 0 Å². The maximum Gasteiger partial charge on any atom is 0.244 e. The number of rotatable bonds is 7. The number of nitrogens with one attached hydrogen (secondary N) is 2. The highest BCUT2D eigenvalue weighted by molar-refractivity contribution is 6.02. The van der Waals surface area contributed by atoms with Gasteiger partial charge in [-0.2, -0.15) is 0 Å². The smallest absolute Gasteiger partial charge is 0.244 e. The molecular formula is C28H28N6O3. The predicted molar refractivity (Wildman–Crippen MR) is 142 cm³/mol. The van der Waals surface area contributed by atoms with E-state index < -0.39 is 6.04 Å². The first-order valence-electron chi connectivity index (χ1n) is 12.1. The van der Waals surface area contributed by atoms with Crippen molar-refractivity contribution in [3.63, 3.8) is 0 Å². The summed E-state index contributed by atoms with van der Waals surface area (Å²) in [7, 11) is 0. The average molecular weight is 497 g/mol. The minimum Gasteiger partial charge on any atom is -0.457 e. The third-order valence-electron chi connectivity index (χ3n) is 6.51. The number of ether oxygens (including phenoxy) is 1. The van der Waals surface area contributed by atoms with Gasteiger partial charge in [-0.15, -0.1) is 0 Å². The molecule has 0 radical (unpaired) electrons. The molecule has 4 N–H and O–H groups in total. The maximum atomic E-state index is 12.7. The van der Waals surface area contributed by atoms with E-state index in [-0.39, 0.29) is 17.9 Å².